The summed E-state index contributed by atoms with van der Waals surface area (Å²) in [5, 5.41) is 2.05. The average Bonchev–Trinajstić information content (AvgIpc) is 3.33. The molecule has 1 fully saturated rings. The minimum absolute atomic E-state index is 0.0243. The van der Waals surface area contributed by atoms with Crippen LogP contribution in [-0.2, 0) is 22.7 Å². The Morgan fingerprint density at radius 3 is 2.53 bits per heavy atom. The van der Waals surface area contributed by atoms with Gasteiger partial charge < -0.3 is 19.3 Å². The molecular weight excluding hydrogens is 424 g/mol. The fourth-order valence-electron chi connectivity index (χ4n) is 4.08. The van der Waals surface area contributed by atoms with Gasteiger partial charge in [0, 0.05) is 23.9 Å². The molecule has 1 aromatic heterocycles. The van der Waals surface area contributed by atoms with Gasteiger partial charge in [0.05, 0.1) is 13.1 Å². The molecule has 4 rings (SSSR count). The fourth-order valence-corrected chi connectivity index (χ4v) is 5.00. The summed E-state index contributed by atoms with van der Waals surface area (Å²) in [6.07, 6.45) is 2.99. The standard InChI is InChI=1S/C25H32N2O4S/c1-17(2)12-27(25(29)20-5-4-6-20)15-24(28)26(14-23-18(3)9-10-32-23)13-19-7-8-21-22(11-19)31-16-30-21/h7-11,17,20H,4-6,12-16H2,1-3H3. The second-order valence-electron chi connectivity index (χ2n) is 9.20. The predicted octanol–water partition coefficient (Wildman–Crippen LogP) is 4.60. The Bertz CT molecular complexity index is 967. The van der Waals surface area contributed by atoms with Crippen LogP contribution in [0.3, 0.4) is 0 Å². The van der Waals surface area contributed by atoms with E-state index in [1.165, 1.54) is 10.4 Å². The molecular formula is C25H32N2O4S. The number of ether oxygens (including phenoxy) is 2. The molecule has 7 heteroatoms. The Hall–Kier alpha value is -2.54. The third-order valence-corrected chi connectivity index (χ3v) is 7.15. The first-order valence-electron chi connectivity index (χ1n) is 11.4. The molecule has 172 valence electrons. The van der Waals surface area contributed by atoms with E-state index in [4.69, 9.17) is 9.47 Å². The topological polar surface area (TPSA) is 59.1 Å². The summed E-state index contributed by atoms with van der Waals surface area (Å²) in [5.74, 6) is 1.95. The molecule has 2 heterocycles. The highest BCUT2D eigenvalue weighted by Crippen LogP contribution is 2.33. The fraction of sp³-hybridized carbons (Fsp3) is 0.520. The van der Waals surface area contributed by atoms with E-state index in [0.717, 1.165) is 30.6 Å². The summed E-state index contributed by atoms with van der Waals surface area (Å²) < 4.78 is 10.9. The number of nitrogens with zero attached hydrogens (tertiary/aromatic N) is 2. The number of hydrogen-bond acceptors (Lipinski definition) is 5. The Morgan fingerprint density at radius 2 is 1.88 bits per heavy atom. The number of aryl methyl sites for hydroxylation is 1. The lowest BCUT2D eigenvalue weighted by atomic mass is 9.84. The first-order valence-corrected chi connectivity index (χ1v) is 12.3. The molecule has 1 aliphatic heterocycles. The largest absolute Gasteiger partial charge is 0.454 e. The van der Waals surface area contributed by atoms with Gasteiger partial charge in [-0.15, -0.1) is 11.3 Å². The van der Waals surface area contributed by atoms with E-state index in [1.807, 2.05) is 23.1 Å². The van der Waals surface area contributed by atoms with Crippen molar-refractivity contribution in [1.29, 1.82) is 0 Å². The van der Waals surface area contributed by atoms with Gasteiger partial charge in [-0.2, -0.15) is 0 Å². The molecule has 32 heavy (non-hydrogen) atoms. The highest BCUT2D eigenvalue weighted by atomic mass is 32.1. The van der Waals surface area contributed by atoms with Gasteiger partial charge in [0.25, 0.3) is 0 Å². The van der Waals surface area contributed by atoms with Crippen molar-refractivity contribution < 1.29 is 19.1 Å². The average molecular weight is 457 g/mol. The van der Waals surface area contributed by atoms with Gasteiger partial charge >= 0.3 is 0 Å². The summed E-state index contributed by atoms with van der Waals surface area (Å²) in [4.78, 5) is 31.3. The highest BCUT2D eigenvalue weighted by Gasteiger charge is 2.31. The summed E-state index contributed by atoms with van der Waals surface area (Å²) >= 11 is 1.66. The van der Waals surface area contributed by atoms with Crippen molar-refractivity contribution >= 4 is 23.2 Å². The number of amides is 2. The van der Waals surface area contributed by atoms with Gasteiger partial charge in [-0.05, 0) is 60.4 Å². The first-order chi connectivity index (χ1) is 15.4. The van der Waals surface area contributed by atoms with E-state index >= 15 is 0 Å². The normalized spacial score (nSPS) is 15.0. The molecule has 0 bridgehead atoms. The van der Waals surface area contributed by atoms with Crippen LogP contribution >= 0.6 is 11.3 Å². The van der Waals surface area contributed by atoms with Crippen LogP contribution < -0.4 is 9.47 Å². The van der Waals surface area contributed by atoms with Crippen LogP contribution in [0, 0.1) is 18.8 Å². The molecule has 6 nitrogen and oxygen atoms in total. The van der Waals surface area contributed by atoms with Crippen LogP contribution in [0.15, 0.2) is 29.6 Å². The molecule has 1 aliphatic carbocycles. The Morgan fingerprint density at radius 1 is 1.09 bits per heavy atom. The lowest BCUT2D eigenvalue weighted by Gasteiger charge is -2.34. The van der Waals surface area contributed by atoms with Crippen LogP contribution in [0.4, 0.5) is 0 Å². The number of thiophene rings is 1. The van der Waals surface area contributed by atoms with Gasteiger partial charge in [0.1, 0.15) is 0 Å². The molecule has 0 N–H and O–H groups in total. The zero-order valence-electron chi connectivity index (χ0n) is 19.1. The maximum absolute atomic E-state index is 13.5. The number of carbonyl (C=O) groups excluding carboxylic acids is 2. The van der Waals surface area contributed by atoms with Crippen LogP contribution in [0.25, 0.3) is 0 Å². The molecule has 0 radical (unpaired) electrons. The van der Waals surface area contributed by atoms with E-state index in [-0.39, 0.29) is 31.1 Å². The van der Waals surface area contributed by atoms with Gasteiger partial charge in [-0.3, -0.25) is 9.59 Å². The van der Waals surface area contributed by atoms with Gasteiger partial charge in [0.2, 0.25) is 18.6 Å². The lowest BCUT2D eigenvalue weighted by molar-refractivity contribution is -0.145. The second-order valence-corrected chi connectivity index (χ2v) is 10.2. The Labute approximate surface area is 194 Å². The summed E-state index contributed by atoms with van der Waals surface area (Å²) in [6.45, 7) is 8.20. The van der Waals surface area contributed by atoms with Crippen LogP contribution in [0.2, 0.25) is 0 Å². The Kier molecular flexibility index (Phi) is 7.04. The van der Waals surface area contributed by atoms with E-state index in [0.29, 0.717) is 31.3 Å². The molecule has 0 unspecified atom stereocenters. The van der Waals surface area contributed by atoms with Crippen LogP contribution in [0.1, 0.15) is 49.1 Å². The number of carbonyl (C=O) groups is 2. The van der Waals surface area contributed by atoms with Crippen molar-refractivity contribution in [2.45, 2.75) is 53.1 Å². The summed E-state index contributed by atoms with van der Waals surface area (Å²) in [5.41, 5.74) is 2.17. The Balaban J connectivity index is 1.52. The maximum Gasteiger partial charge on any atom is 0.242 e. The van der Waals surface area contributed by atoms with Crippen LogP contribution in [0.5, 0.6) is 11.5 Å². The van der Waals surface area contributed by atoms with E-state index < -0.39 is 0 Å². The minimum atomic E-state index is -0.0243. The van der Waals surface area contributed by atoms with Crippen molar-refractivity contribution in [2.75, 3.05) is 19.9 Å². The molecule has 0 saturated heterocycles. The quantitative estimate of drug-likeness (QED) is 0.553. The zero-order valence-corrected chi connectivity index (χ0v) is 20.0. The highest BCUT2D eigenvalue weighted by molar-refractivity contribution is 7.10. The number of rotatable bonds is 9. The smallest absolute Gasteiger partial charge is 0.242 e. The number of benzene rings is 1. The zero-order chi connectivity index (χ0) is 22.7. The number of fused-ring (bicyclic) bond motifs is 1. The van der Waals surface area contributed by atoms with Crippen LogP contribution in [-0.4, -0.2) is 41.5 Å². The van der Waals surface area contributed by atoms with Crippen molar-refractivity contribution in [3.63, 3.8) is 0 Å². The molecule has 2 aromatic rings. The molecule has 0 spiro atoms. The molecule has 2 aliphatic rings. The van der Waals surface area contributed by atoms with Crippen molar-refractivity contribution in [1.82, 2.24) is 9.80 Å². The monoisotopic (exact) mass is 456 g/mol. The maximum atomic E-state index is 13.5. The van der Waals surface area contributed by atoms with E-state index in [1.54, 1.807) is 16.2 Å². The number of hydrogen-bond donors (Lipinski definition) is 0. The second kappa shape index (κ2) is 9.94. The third kappa shape index (κ3) is 5.26. The van der Waals surface area contributed by atoms with E-state index in [2.05, 4.69) is 32.2 Å². The molecule has 2 amide bonds. The summed E-state index contributed by atoms with van der Waals surface area (Å²) in [6, 6.07) is 7.88. The van der Waals surface area contributed by atoms with E-state index in [9.17, 15) is 9.59 Å². The van der Waals surface area contributed by atoms with Gasteiger partial charge in [-0.1, -0.05) is 26.3 Å². The molecule has 1 saturated carbocycles. The predicted molar refractivity (Wildman–Crippen MR) is 125 cm³/mol. The van der Waals surface area contributed by atoms with Gasteiger partial charge in [0.15, 0.2) is 11.5 Å². The SMILES string of the molecule is Cc1ccsc1CN(Cc1ccc2c(c1)OCO2)C(=O)CN(CC(C)C)C(=O)C1CCC1. The van der Waals surface area contributed by atoms with Crippen molar-refractivity contribution in [2.24, 2.45) is 11.8 Å². The molecule has 1 aromatic carbocycles. The third-order valence-electron chi connectivity index (χ3n) is 6.14. The lowest BCUT2D eigenvalue weighted by Crippen LogP contribution is -2.47. The van der Waals surface area contributed by atoms with Crippen molar-refractivity contribution in [3.05, 3.63) is 45.6 Å². The van der Waals surface area contributed by atoms with Gasteiger partial charge in [-0.25, -0.2) is 0 Å². The minimum Gasteiger partial charge on any atom is -0.454 e. The van der Waals surface area contributed by atoms with Crippen molar-refractivity contribution in [3.8, 4) is 11.5 Å². The molecule has 0 atom stereocenters. The summed E-state index contributed by atoms with van der Waals surface area (Å²) in [7, 11) is 0. The first kappa shape index (κ1) is 22.6.